The molecule has 3 N–H and O–H groups in total. The van der Waals surface area contributed by atoms with E-state index in [-0.39, 0.29) is 11.4 Å². The van der Waals surface area contributed by atoms with Gasteiger partial charge in [-0.1, -0.05) is 6.07 Å². The molecule has 0 bridgehead atoms. The highest BCUT2D eigenvalue weighted by molar-refractivity contribution is 7.93. The quantitative estimate of drug-likeness (QED) is 0.344. The van der Waals surface area contributed by atoms with Crippen LogP contribution in [0, 0.1) is 0 Å². The lowest BCUT2D eigenvalue weighted by Crippen LogP contribution is -2.18. The number of sulfone groups is 1. The van der Waals surface area contributed by atoms with Crippen molar-refractivity contribution >= 4 is 35.3 Å². The number of hydrogen-bond donors (Lipinski definition) is 3. The van der Waals surface area contributed by atoms with Crippen LogP contribution in [0.25, 0.3) is 6.08 Å². The second kappa shape index (κ2) is 12.0. The third-order valence-corrected chi connectivity index (χ3v) is 6.22. The highest BCUT2D eigenvalue weighted by Gasteiger charge is 2.18. The van der Waals surface area contributed by atoms with Crippen molar-refractivity contribution in [3.63, 3.8) is 0 Å². The maximum absolute atomic E-state index is 12.8. The Morgan fingerprint density at radius 2 is 1.57 bits per heavy atom. The Hall–Kier alpha value is -3.09. The van der Waals surface area contributed by atoms with Gasteiger partial charge in [-0.05, 0) is 23.8 Å². The zero-order chi connectivity index (χ0) is 26.2. The molecule has 0 spiro atoms. The van der Waals surface area contributed by atoms with Gasteiger partial charge in [-0.25, -0.2) is 13.0 Å². The SMILES string of the molecule is COc1cc(OC)c(/C=C/S(=O)(=O)Cc2ccc(OC)c(NC(=O)COP(=O)(O)O)c2)c(OC)c1. The minimum atomic E-state index is -4.83. The molecule has 0 unspecified atom stereocenters. The van der Waals surface area contributed by atoms with Crippen LogP contribution in [-0.2, 0) is 29.5 Å². The average molecular weight is 531 g/mol. The molecule has 0 aliphatic carbocycles. The topological polar surface area (TPSA) is 167 Å². The first-order valence-corrected chi connectivity index (χ1v) is 13.0. The second-order valence-electron chi connectivity index (χ2n) is 6.90. The molecule has 0 heterocycles. The van der Waals surface area contributed by atoms with Gasteiger partial charge in [0.15, 0.2) is 9.84 Å². The number of carbonyl (C=O) groups is 1. The molecule has 1 amide bonds. The Morgan fingerprint density at radius 3 is 2.09 bits per heavy atom. The molecule has 35 heavy (non-hydrogen) atoms. The Labute approximate surface area is 202 Å². The van der Waals surface area contributed by atoms with E-state index in [9.17, 15) is 17.8 Å². The number of phosphoric acid groups is 1. The number of ether oxygens (including phenoxy) is 4. The number of rotatable bonds is 12. The molecule has 0 radical (unpaired) electrons. The molecule has 0 atom stereocenters. The first kappa shape index (κ1) is 28.1. The minimum Gasteiger partial charge on any atom is -0.496 e. The summed E-state index contributed by atoms with van der Waals surface area (Å²) in [5.74, 6) is 0.0805. The summed E-state index contributed by atoms with van der Waals surface area (Å²) in [6, 6.07) is 7.49. The van der Waals surface area contributed by atoms with Gasteiger partial charge in [0.1, 0.15) is 29.6 Å². The van der Waals surface area contributed by atoms with Crippen LogP contribution in [0.2, 0.25) is 0 Å². The lowest BCUT2D eigenvalue weighted by molar-refractivity contribution is -0.118. The fourth-order valence-corrected chi connectivity index (χ4v) is 4.29. The van der Waals surface area contributed by atoms with Crippen molar-refractivity contribution in [3.05, 3.63) is 46.9 Å². The number of phosphoric ester groups is 1. The summed E-state index contributed by atoms with van der Waals surface area (Å²) in [4.78, 5) is 29.4. The molecule has 0 aliphatic rings. The van der Waals surface area contributed by atoms with Crippen molar-refractivity contribution in [2.24, 2.45) is 0 Å². The maximum Gasteiger partial charge on any atom is 0.470 e. The Bertz CT molecular complexity index is 1210. The minimum absolute atomic E-state index is 0.0991. The number of carbonyl (C=O) groups excluding carboxylic acids is 1. The molecule has 14 heteroatoms. The van der Waals surface area contributed by atoms with Crippen LogP contribution in [-0.4, -0.2) is 59.2 Å². The molecule has 0 aromatic heterocycles. The number of amides is 1. The van der Waals surface area contributed by atoms with E-state index < -0.39 is 35.9 Å². The highest BCUT2D eigenvalue weighted by Crippen LogP contribution is 2.36. The average Bonchev–Trinajstić information content (AvgIpc) is 2.80. The summed E-state index contributed by atoms with van der Waals surface area (Å²) in [5, 5.41) is 3.38. The van der Waals surface area contributed by atoms with Crippen molar-refractivity contribution in [3.8, 4) is 23.0 Å². The van der Waals surface area contributed by atoms with Crippen molar-refractivity contribution < 1.29 is 51.0 Å². The van der Waals surface area contributed by atoms with Gasteiger partial charge in [0.25, 0.3) is 5.91 Å². The summed E-state index contributed by atoms with van der Waals surface area (Å²) < 4.78 is 61.4. The van der Waals surface area contributed by atoms with Crippen molar-refractivity contribution in [1.29, 1.82) is 0 Å². The molecule has 192 valence electrons. The van der Waals surface area contributed by atoms with E-state index in [1.54, 1.807) is 12.1 Å². The van der Waals surface area contributed by atoms with Crippen molar-refractivity contribution in [1.82, 2.24) is 0 Å². The molecule has 2 rings (SSSR count). The van der Waals surface area contributed by atoms with Gasteiger partial charge < -0.3 is 34.1 Å². The van der Waals surface area contributed by atoms with E-state index in [2.05, 4.69) is 9.84 Å². The first-order valence-electron chi connectivity index (χ1n) is 9.79. The lowest BCUT2D eigenvalue weighted by atomic mass is 10.1. The van der Waals surface area contributed by atoms with Crippen molar-refractivity contribution in [2.45, 2.75) is 5.75 Å². The third kappa shape index (κ3) is 8.57. The molecule has 0 saturated heterocycles. The second-order valence-corrected chi connectivity index (χ2v) is 10.0. The highest BCUT2D eigenvalue weighted by atomic mass is 32.2. The normalized spacial score (nSPS) is 11.8. The van der Waals surface area contributed by atoms with Gasteiger partial charge in [-0.3, -0.25) is 9.32 Å². The van der Waals surface area contributed by atoms with Gasteiger partial charge in [0, 0.05) is 17.5 Å². The largest absolute Gasteiger partial charge is 0.496 e. The predicted octanol–water partition coefficient (Wildman–Crippen LogP) is 2.35. The molecule has 2 aromatic rings. The van der Waals surface area contributed by atoms with E-state index in [0.717, 1.165) is 5.41 Å². The molecule has 12 nitrogen and oxygen atoms in total. The van der Waals surface area contributed by atoms with E-state index >= 15 is 0 Å². The van der Waals surface area contributed by atoms with Crippen LogP contribution in [0.3, 0.4) is 0 Å². The number of anilines is 1. The van der Waals surface area contributed by atoms with Crippen LogP contribution >= 0.6 is 7.82 Å². The lowest BCUT2D eigenvalue weighted by Gasteiger charge is -2.13. The van der Waals surface area contributed by atoms with Crippen LogP contribution < -0.4 is 24.3 Å². The van der Waals surface area contributed by atoms with Crippen LogP contribution in [0.4, 0.5) is 5.69 Å². The fourth-order valence-electron chi connectivity index (χ4n) is 2.92. The van der Waals surface area contributed by atoms with Gasteiger partial charge in [-0.2, -0.15) is 0 Å². The van der Waals surface area contributed by atoms with E-state index in [0.29, 0.717) is 28.4 Å². The molecule has 0 saturated carbocycles. The molecule has 0 aliphatic heterocycles. The van der Waals surface area contributed by atoms with Crippen LogP contribution in [0.5, 0.6) is 23.0 Å². The van der Waals surface area contributed by atoms with Gasteiger partial charge in [0.05, 0.1) is 45.4 Å². The monoisotopic (exact) mass is 531 g/mol. The van der Waals surface area contributed by atoms with Crippen LogP contribution in [0.15, 0.2) is 35.7 Å². The van der Waals surface area contributed by atoms with Gasteiger partial charge >= 0.3 is 7.82 Å². The summed E-state index contributed by atoms with van der Waals surface area (Å²) in [7, 11) is -2.96. The summed E-state index contributed by atoms with van der Waals surface area (Å²) >= 11 is 0. The first-order chi connectivity index (χ1) is 16.4. The summed E-state index contributed by atoms with van der Waals surface area (Å²) in [6.07, 6.45) is 1.35. The summed E-state index contributed by atoms with van der Waals surface area (Å²) in [6.45, 7) is -0.912. The predicted molar refractivity (Wildman–Crippen MR) is 127 cm³/mol. The van der Waals surface area contributed by atoms with E-state index in [1.807, 2.05) is 0 Å². The number of hydrogen-bond acceptors (Lipinski definition) is 9. The van der Waals surface area contributed by atoms with E-state index in [1.165, 1.54) is 52.7 Å². The molecular weight excluding hydrogens is 505 g/mol. The zero-order valence-electron chi connectivity index (χ0n) is 19.4. The Kier molecular flexibility index (Phi) is 9.69. The maximum atomic E-state index is 12.8. The van der Waals surface area contributed by atoms with Gasteiger partial charge in [0.2, 0.25) is 0 Å². The molecule has 2 aromatic carbocycles. The smallest absolute Gasteiger partial charge is 0.470 e. The summed E-state index contributed by atoms with van der Waals surface area (Å²) in [5.41, 5.74) is 0.810. The Morgan fingerprint density at radius 1 is 0.971 bits per heavy atom. The number of benzene rings is 2. The van der Waals surface area contributed by atoms with Crippen molar-refractivity contribution in [2.75, 3.05) is 40.4 Å². The fraction of sp³-hybridized carbons (Fsp3) is 0.286. The standard InChI is InChI=1S/C21H26NO11PS/c1-29-15-10-19(31-3)16(20(11-15)32-4)7-8-35(27,28)13-14-5-6-18(30-2)17(9-14)22-21(23)12-33-34(24,25)26/h5-11H,12-13H2,1-4H3,(H,22,23)(H2,24,25,26)/b8-7+. The zero-order valence-corrected chi connectivity index (χ0v) is 21.1. The Balaban J connectivity index is 2.26. The number of methoxy groups -OCH3 is 4. The molecular formula is C21H26NO11PS. The van der Waals surface area contributed by atoms with Gasteiger partial charge in [-0.15, -0.1) is 0 Å². The molecule has 0 fully saturated rings. The van der Waals surface area contributed by atoms with Crippen LogP contribution in [0.1, 0.15) is 11.1 Å². The van der Waals surface area contributed by atoms with E-state index in [4.69, 9.17) is 28.7 Å². The third-order valence-electron chi connectivity index (χ3n) is 4.46. The number of nitrogens with one attached hydrogen (secondary N) is 1.